The standard InChI is InChI=1S/C18H22N2O2/c21-17(12-13-10-15-4-1-2-5-16(15)11-13)19-8-3-9-20(19)18(22)14-6-7-14/h1-2,4-5,13-14H,3,6-12H2. The molecule has 0 radical (unpaired) electrons. The minimum absolute atomic E-state index is 0.129. The molecule has 4 nitrogen and oxygen atoms in total. The van der Waals surface area contributed by atoms with Gasteiger partial charge in [0, 0.05) is 25.4 Å². The van der Waals surface area contributed by atoms with Gasteiger partial charge in [-0.25, -0.2) is 0 Å². The molecule has 0 N–H and O–H groups in total. The second kappa shape index (κ2) is 5.41. The molecule has 2 amide bonds. The fourth-order valence-corrected chi connectivity index (χ4v) is 3.79. The second-order valence-corrected chi connectivity index (χ2v) is 6.85. The Bertz CT molecular complexity index is 584. The van der Waals surface area contributed by atoms with Crippen molar-refractivity contribution in [1.29, 1.82) is 0 Å². The van der Waals surface area contributed by atoms with E-state index in [1.165, 1.54) is 11.1 Å². The summed E-state index contributed by atoms with van der Waals surface area (Å²) in [5.41, 5.74) is 2.76. The normalized spacial score (nSPS) is 21.3. The van der Waals surface area contributed by atoms with Crippen LogP contribution in [-0.2, 0) is 22.4 Å². The summed E-state index contributed by atoms with van der Waals surface area (Å²) in [5.74, 6) is 0.873. The van der Waals surface area contributed by atoms with Gasteiger partial charge in [-0.05, 0) is 49.1 Å². The molecule has 4 heteroatoms. The van der Waals surface area contributed by atoms with Crippen molar-refractivity contribution in [1.82, 2.24) is 10.0 Å². The molecule has 0 unspecified atom stereocenters. The van der Waals surface area contributed by atoms with Crippen LogP contribution in [0, 0.1) is 11.8 Å². The first-order valence-corrected chi connectivity index (χ1v) is 8.41. The lowest BCUT2D eigenvalue weighted by molar-refractivity contribution is -0.159. The summed E-state index contributed by atoms with van der Waals surface area (Å²) in [7, 11) is 0. The number of carbonyl (C=O) groups is 2. The Morgan fingerprint density at radius 1 is 1.00 bits per heavy atom. The van der Waals surface area contributed by atoms with Crippen molar-refractivity contribution >= 4 is 11.8 Å². The van der Waals surface area contributed by atoms with Crippen molar-refractivity contribution in [3.63, 3.8) is 0 Å². The zero-order valence-corrected chi connectivity index (χ0v) is 12.8. The average Bonchev–Trinajstić information content (AvgIpc) is 3.10. The summed E-state index contributed by atoms with van der Waals surface area (Å²) in [6.07, 6.45) is 5.45. The number of benzene rings is 1. The lowest BCUT2D eigenvalue weighted by atomic mass is 10.0. The van der Waals surface area contributed by atoms with Crippen LogP contribution >= 0.6 is 0 Å². The van der Waals surface area contributed by atoms with Gasteiger partial charge in [-0.3, -0.25) is 19.6 Å². The van der Waals surface area contributed by atoms with E-state index >= 15 is 0 Å². The predicted molar refractivity (Wildman–Crippen MR) is 82.7 cm³/mol. The maximum absolute atomic E-state index is 12.6. The van der Waals surface area contributed by atoms with Crippen molar-refractivity contribution < 1.29 is 9.59 Å². The highest BCUT2D eigenvalue weighted by molar-refractivity contribution is 5.85. The SMILES string of the molecule is O=C(CC1Cc2ccccc2C1)N1CCCN1C(=O)C1CC1. The molecule has 0 spiro atoms. The van der Waals surface area contributed by atoms with Crippen LogP contribution in [0.5, 0.6) is 0 Å². The van der Waals surface area contributed by atoms with E-state index in [0.717, 1.165) is 32.1 Å². The van der Waals surface area contributed by atoms with Gasteiger partial charge in [-0.15, -0.1) is 0 Å². The Kier molecular flexibility index (Phi) is 3.40. The van der Waals surface area contributed by atoms with E-state index in [0.29, 0.717) is 25.4 Å². The summed E-state index contributed by atoms with van der Waals surface area (Å²) in [6.45, 7) is 1.42. The highest BCUT2D eigenvalue weighted by Gasteiger charge is 2.39. The molecule has 1 saturated heterocycles. The van der Waals surface area contributed by atoms with Crippen molar-refractivity contribution in [3.8, 4) is 0 Å². The third kappa shape index (κ3) is 2.51. The number of rotatable bonds is 3. The Balaban J connectivity index is 1.39. The summed E-state index contributed by atoms with van der Waals surface area (Å²) in [5, 5.41) is 3.45. The van der Waals surface area contributed by atoms with Gasteiger partial charge in [0.1, 0.15) is 0 Å². The van der Waals surface area contributed by atoms with Crippen molar-refractivity contribution in [2.24, 2.45) is 11.8 Å². The first kappa shape index (κ1) is 13.8. The van der Waals surface area contributed by atoms with Crippen LogP contribution in [0.3, 0.4) is 0 Å². The summed E-state index contributed by atoms with van der Waals surface area (Å²) < 4.78 is 0. The van der Waals surface area contributed by atoms with Gasteiger partial charge in [0.15, 0.2) is 0 Å². The summed E-state index contributed by atoms with van der Waals surface area (Å²) in [4.78, 5) is 24.9. The van der Waals surface area contributed by atoms with Crippen molar-refractivity contribution in [3.05, 3.63) is 35.4 Å². The molecule has 3 aliphatic rings. The van der Waals surface area contributed by atoms with E-state index in [9.17, 15) is 9.59 Å². The third-order valence-corrected chi connectivity index (χ3v) is 5.10. The summed E-state index contributed by atoms with van der Waals surface area (Å²) in [6, 6.07) is 8.47. The molecule has 0 atom stereocenters. The van der Waals surface area contributed by atoms with Crippen LogP contribution in [0.4, 0.5) is 0 Å². The molecule has 0 aromatic heterocycles. The zero-order valence-electron chi connectivity index (χ0n) is 12.8. The van der Waals surface area contributed by atoms with Gasteiger partial charge < -0.3 is 0 Å². The van der Waals surface area contributed by atoms with Crippen LogP contribution in [0.2, 0.25) is 0 Å². The van der Waals surface area contributed by atoms with E-state index in [1.807, 2.05) is 0 Å². The molecule has 0 bridgehead atoms. The van der Waals surface area contributed by atoms with E-state index in [2.05, 4.69) is 24.3 Å². The molecule has 22 heavy (non-hydrogen) atoms. The third-order valence-electron chi connectivity index (χ3n) is 5.10. The average molecular weight is 298 g/mol. The molecule has 1 saturated carbocycles. The Hall–Kier alpha value is -1.84. The van der Waals surface area contributed by atoms with Crippen LogP contribution < -0.4 is 0 Å². The highest BCUT2D eigenvalue weighted by Crippen LogP contribution is 2.33. The van der Waals surface area contributed by atoms with Gasteiger partial charge in [0.2, 0.25) is 11.8 Å². The maximum Gasteiger partial charge on any atom is 0.244 e. The second-order valence-electron chi connectivity index (χ2n) is 6.85. The van der Waals surface area contributed by atoms with Crippen LogP contribution in [-0.4, -0.2) is 34.9 Å². The topological polar surface area (TPSA) is 40.6 Å². The van der Waals surface area contributed by atoms with E-state index in [4.69, 9.17) is 0 Å². The largest absolute Gasteiger partial charge is 0.273 e. The Morgan fingerprint density at radius 3 is 2.27 bits per heavy atom. The molecule has 1 aromatic carbocycles. The van der Waals surface area contributed by atoms with Gasteiger partial charge in [0.25, 0.3) is 0 Å². The van der Waals surface area contributed by atoms with Gasteiger partial charge in [-0.2, -0.15) is 0 Å². The number of fused-ring (bicyclic) bond motifs is 1. The van der Waals surface area contributed by atoms with Crippen LogP contribution in [0.25, 0.3) is 0 Å². The highest BCUT2D eigenvalue weighted by atomic mass is 16.2. The first-order valence-electron chi connectivity index (χ1n) is 8.41. The quantitative estimate of drug-likeness (QED) is 0.858. The van der Waals surface area contributed by atoms with Gasteiger partial charge >= 0.3 is 0 Å². The van der Waals surface area contributed by atoms with Gasteiger partial charge in [-0.1, -0.05) is 24.3 Å². The molecule has 1 heterocycles. The number of carbonyl (C=O) groups excluding carboxylic acids is 2. The molecule has 1 aliphatic heterocycles. The predicted octanol–water partition coefficient (Wildman–Crippen LogP) is 2.18. The zero-order chi connectivity index (χ0) is 15.1. The van der Waals surface area contributed by atoms with E-state index in [1.54, 1.807) is 10.0 Å². The Morgan fingerprint density at radius 2 is 1.64 bits per heavy atom. The van der Waals surface area contributed by atoms with E-state index in [-0.39, 0.29) is 17.7 Å². The minimum Gasteiger partial charge on any atom is -0.273 e. The van der Waals surface area contributed by atoms with Crippen LogP contribution in [0.1, 0.15) is 36.8 Å². The fraction of sp³-hybridized carbons (Fsp3) is 0.556. The molecule has 116 valence electrons. The molecule has 4 rings (SSSR count). The first-order chi connectivity index (χ1) is 10.7. The smallest absolute Gasteiger partial charge is 0.244 e. The molecular weight excluding hydrogens is 276 g/mol. The lowest BCUT2D eigenvalue weighted by Crippen LogP contribution is -2.46. The Labute approximate surface area is 131 Å². The molecule has 2 aliphatic carbocycles. The van der Waals surface area contributed by atoms with Crippen molar-refractivity contribution in [2.45, 2.75) is 38.5 Å². The number of nitrogens with zero attached hydrogens (tertiary/aromatic N) is 2. The maximum atomic E-state index is 12.6. The molecule has 1 aromatic rings. The molecule has 2 fully saturated rings. The van der Waals surface area contributed by atoms with E-state index < -0.39 is 0 Å². The fourth-order valence-electron chi connectivity index (χ4n) is 3.79. The number of hydrogen-bond acceptors (Lipinski definition) is 2. The van der Waals surface area contributed by atoms with Crippen LogP contribution in [0.15, 0.2) is 24.3 Å². The summed E-state index contributed by atoms with van der Waals surface area (Å²) >= 11 is 0. The molecular formula is C18H22N2O2. The number of hydrazine groups is 1. The number of hydrogen-bond donors (Lipinski definition) is 0. The monoisotopic (exact) mass is 298 g/mol. The lowest BCUT2D eigenvalue weighted by Gasteiger charge is -2.29. The van der Waals surface area contributed by atoms with Gasteiger partial charge in [0.05, 0.1) is 0 Å². The number of amides is 2. The minimum atomic E-state index is 0.129. The van der Waals surface area contributed by atoms with Crippen molar-refractivity contribution in [2.75, 3.05) is 13.1 Å².